The van der Waals surface area contributed by atoms with E-state index in [1.54, 1.807) is 0 Å². The van der Waals surface area contributed by atoms with Crippen molar-refractivity contribution < 1.29 is 0 Å². The van der Waals surface area contributed by atoms with Gasteiger partial charge in [0, 0.05) is 25.4 Å². The monoisotopic (exact) mass is 287 g/mol. The summed E-state index contributed by atoms with van der Waals surface area (Å²) < 4.78 is 4.18. The zero-order chi connectivity index (χ0) is 14.4. The second-order valence-electron chi connectivity index (χ2n) is 6.18. The average Bonchev–Trinajstić information content (AvgIpc) is 3.14. The van der Waals surface area contributed by atoms with Crippen molar-refractivity contribution in [2.24, 2.45) is 7.05 Å². The Labute approximate surface area is 123 Å². The fourth-order valence-electron chi connectivity index (χ4n) is 3.06. The number of aryl methyl sites for hydroxylation is 2. The quantitative estimate of drug-likeness (QED) is 0.896. The van der Waals surface area contributed by atoms with Gasteiger partial charge in [-0.15, -0.1) is 10.2 Å². The molecule has 112 valence electrons. The number of aromatic nitrogens is 6. The van der Waals surface area contributed by atoms with Crippen LogP contribution >= 0.6 is 0 Å². The second-order valence-corrected chi connectivity index (χ2v) is 6.18. The lowest BCUT2D eigenvalue weighted by Crippen LogP contribution is -2.38. The van der Waals surface area contributed by atoms with Crippen molar-refractivity contribution in [3.63, 3.8) is 0 Å². The minimum atomic E-state index is 0.430. The summed E-state index contributed by atoms with van der Waals surface area (Å²) in [6, 6.07) is 0.430. The van der Waals surface area contributed by atoms with Crippen LogP contribution in [-0.4, -0.2) is 35.6 Å². The van der Waals surface area contributed by atoms with E-state index in [0.717, 1.165) is 49.2 Å². The van der Waals surface area contributed by atoms with Crippen LogP contribution < -0.4 is 5.32 Å². The van der Waals surface area contributed by atoms with Gasteiger partial charge in [0.2, 0.25) is 0 Å². The molecule has 2 aromatic rings. The van der Waals surface area contributed by atoms with Gasteiger partial charge in [0.15, 0.2) is 0 Å². The molecule has 3 heterocycles. The van der Waals surface area contributed by atoms with Crippen LogP contribution in [0.3, 0.4) is 0 Å². The van der Waals surface area contributed by atoms with Crippen LogP contribution in [0.1, 0.15) is 48.5 Å². The van der Waals surface area contributed by atoms with Crippen molar-refractivity contribution in [2.45, 2.75) is 57.7 Å². The Kier molecular flexibility index (Phi) is 3.02. The first-order valence-electron chi connectivity index (χ1n) is 7.72. The Morgan fingerprint density at radius 1 is 1.24 bits per heavy atom. The summed E-state index contributed by atoms with van der Waals surface area (Å²) in [6.45, 7) is 3.61. The molecule has 7 nitrogen and oxygen atoms in total. The minimum Gasteiger partial charge on any atom is -0.317 e. The molecule has 0 amide bonds. The predicted molar refractivity (Wildman–Crippen MR) is 76.7 cm³/mol. The number of hydrogen-bond acceptors (Lipinski definition) is 5. The molecule has 0 unspecified atom stereocenters. The standard InChI is InChI=1S/C14H21N7/c1-9-16-12-6-5-11(8-21(12)19-9)15-7-13-17-18-14(20(13)2)10-3-4-10/h10-11,15H,3-8H2,1-2H3/t11-/m0/s1. The molecule has 0 aromatic carbocycles. The number of rotatable bonds is 4. The Hall–Kier alpha value is -1.76. The second kappa shape index (κ2) is 4.91. The van der Waals surface area contributed by atoms with Gasteiger partial charge in [-0.3, -0.25) is 0 Å². The zero-order valence-electron chi connectivity index (χ0n) is 12.6. The molecule has 1 aliphatic carbocycles. The van der Waals surface area contributed by atoms with E-state index in [0.29, 0.717) is 12.0 Å². The molecule has 1 aliphatic heterocycles. The van der Waals surface area contributed by atoms with E-state index in [1.807, 2.05) is 11.6 Å². The topological polar surface area (TPSA) is 73.5 Å². The Morgan fingerprint density at radius 2 is 2.10 bits per heavy atom. The summed E-state index contributed by atoms with van der Waals surface area (Å²) >= 11 is 0. The van der Waals surface area contributed by atoms with Gasteiger partial charge in [0.05, 0.1) is 13.1 Å². The molecule has 21 heavy (non-hydrogen) atoms. The van der Waals surface area contributed by atoms with Crippen LogP contribution in [0.4, 0.5) is 0 Å². The van der Waals surface area contributed by atoms with Crippen LogP contribution in [-0.2, 0) is 26.6 Å². The summed E-state index contributed by atoms with van der Waals surface area (Å²) in [5, 5.41) is 16.7. The maximum Gasteiger partial charge on any atom is 0.147 e. The van der Waals surface area contributed by atoms with E-state index in [9.17, 15) is 0 Å². The van der Waals surface area contributed by atoms with E-state index in [-0.39, 0.29) is 0 Å². The van der Waals surface area contributed by atoms with Gasteiger partial charge in [-0.25, -0.2) is 9.67 Å². The Morgan fingerprint density at radius 3 is 2.90 bits per heavy atom. The van der Waals surface area contributed by atoms with Crippen molar-refractivity contribution >= 4 is 0 Å². The molecule has 2 aliphatic rings. The number of hydrogen-bond donors (Lipinski definition) is 1. The van der Waals surface area contributed by atoms with Crippen LogP contribution in [0.15, 0.2) is 0 Å². The van der Waals surface area contributed by atoms with Crippen molar-refractivity contribution in [2.75, 3.05) is 0 Å². The minimum absolute atomic E-state index is 0.430. The smallest absolute Gasteiger partial charge is 0.147 e. The molecule has 0 radical (unpaired) electrons. The lowest BCUT2D eigenvalue weighted by atomic mass is 10.1. The van der Waals surface area contributed by atoms with Crippen molar-refractivity contribution in [1.29, 1.82) is 0 Å². The van der Waals surface area contributed by atoms with E-state index in [2.05, 4.69) is 37.2 Å². The zero-order valence-corrected chi connectivity index (χ0v) is 12.6. The van der Waals surface area contributed by atoms with Gasteiger partial charge in [0.25, 0.3) is 0 Å². The highest BCUT2D eigenvalue weighted by molar-refractivity contribution is 5.08. The number of fused-ring (bicyclic) bond motifs is 1. The summed E-state index contributed by atoms with van der Waals surface area (Å²) in [5.74, 6) is 4.79. The highest BCUT2D eigenvalue weighted by atomic mass is 15.4. The third-order valence-corrected chi connectivity index (χ3v) is 4.45. The van der Waals surface area contributed by atoms with Gasteiger partial charge >= 0.3 is 0 Å². The highest BCUT2D eigenvalue weighted by Crippen LogP contribution is 2.38. The van der Waals surface area contributed by atoms with Crippen LogP contribution in [0, 0.1) is 6.92 Å². The molecule has 0 saturated heterocycles. The first-order valence-corrected chi connectivity index (χ1v) is 7.72. The molecular weight excluding hydrogens is 266 g/mol. The van der Waals surface area contributed by atoms with Crippen molar-refractivity contribution in [3.8, 4) is 0 Å². The summed E-state index contributed by atoms with van der Waals surface area (Å²) in [5.41, 5.74) is 0. The van der Waals surface area contributed by atoms with Crippen LogP contribution in [0.25, 0.3) is 0 Å². The normalized spacial score (nSPS) is 21.5. The number of nitrogens with one attached hydrogen (secondary N) is 1. The van der Waals surface area contributed by atoms with E-state index in [4.69, 9.17) is 0 Å². The van der Waals surface area contributed by atoms with E-state index >= 15 is 0 Å². The highest BCUT2D eigenvalue weighted by Gasteiger charge is 2.29. The molecule has 1 saturated carbocycles. The van der Waals surface area contributed by atoms with Crippen LogP contribution in [0.2, 0.25) is 0 Å². The number of nitrogens with zero attached hydrogens (tertiary/aromatic N) is 6. The Bertz CT molecular complexity index is 652. The van der Waals surface area contributed by atoms with Gasteiger partial charge < -0.3 is 9.88 Å². The van der Waals surface area contributed by atoms with E-state index in [1.165, 1.54) is 12.8 Å². The molecule has 0 bridgehead atoms. The fourth-order valence-corrected chi connectivity index (χ4v) is 3.06. The van der Waals surface area contributed by atoms with Gasteiger partial charge in [-0.2, -0.15) is 5.10 Å². The lowest BCUT2D eigenvalue weighted by Gasteiger charge is -2.23. The van der Waals surface area contributed by atoms with Crippen LogP contribution in [0.5, 0.6) is 0 Å². The van der Waals surface area contributed by atoms with Gasteiger partial charge in [-0.1, -0.05) is 0 Å². The summed E-state index contributed by atoms with van der Waals surface area (Å²) in [7, 11) is 2.07. The molecule has 2 aromatic heterocycles. The molecule has 7 heteroatoms. The molecule has 1 fully saturated rings. The van der Waals surface area contributed by atoms with Gasteiger partial charge in [0.1, 0.15) is 23.3 Å². The predicted octanol–water partition coefficient (Wildman–Crippen LogP) is 0.697. The molecule has 1 N–H and O–H groups in total. The summed E-state index contributed by atoms with van der Waals surface area (Å²) in [6.07, 6.45) is 4.61. The molecular formula is C14H21N7. The SMILES string of the molecule is Cc1nc2n(n1)C[C@@H](NCc1nnc(C3CC3)n1C)CC2. The molecule has 0 spiro atoms. The van der Waals surface area contributed by atoms with E-state index < -0.39 is 0 Å². The first kappa shape index (κ1) is 12.9. The summed E-state index contributed by atoms with van der Waals surface area (Å²) in [4.78, 5) is 4.45. The first-order chi connectivity index (χ1) is 10.2. The maximum atomic E-state index is 4.45. The largest absolute Gasteiger partial charge is 0.317 e. The lowest BCUT2D eigenvalue weighted by molar-refractivity contribution is 0.353. The fraction of sp³-hybridized carbons (Fsp3) is 0.714. The molecule has 1 atom stereocenters. The third-order valence-electron chi connectivity index (χ3n) is 4.45. The van der Waals surface area contributed by atoms with Crippen molar-refractivity contribution in [3.05, 3.63) is 23.3 Å². The average molecular weight is 287 g/mol. The van der Waals surface area contributed by atoms with Gasteiger partial charge in [-0.05, 0) is 26.2 Å². The maximum absolute atomic E-state index is 4.45. The molecule has 4 rings (SSSR count). The van der Waals surface area contributed by atoms with Crippen molar-refractivity contribution in [1.82, 2.24) is 34.8 Å². The third kappa shape index (κ3) is 2.46. The Balaban J connectivity index is 1.39.